The van der Waals surface area contributed by atoms with Crippen LogP contribution in [-0.2, 0) is 16.3 Å². The molecule has 0 bridgehead atoms. The largest absolute Gasteiger partial charge is 0.339 e. The fourth-order valence-corrected chi connectivity index (χ4v) is 5.03. The van der Waals surface area contributed by atoms with E-state index in [4.69, 9.17) is 4.52 Å². The average molecular weight is 313 g/mol. The molecule has 0 spiro atoms. The Labute approximate surface area is 125 Å². The molecule has 1 aromatic heterocycles. The predicted octanol–water partition coefficient (Wildman–Crippen LogP) is 1.43. The molecule has 0 amide bonds. The van der Waals surface area contributed by atoms with Gasteiger partial charge in [0.05, 0.1) is 11.5 Å². The molecule has 21 heavy (non-hydrogen) atoms. The second-order valence-corrected chi connectivity index (χ2v) is 8.45. The van der Waals surface area contributed by atoms with Crippen LogP contribution in [-0.4, -0.2) is 42.1 Å². The summed E-state index contributed by atoms with van der Waals surface area (Å²) < 4.78 is 28.3. The van der Waals surface area contributed by atoms with Crippen molar-refractivity contribution in [2.45, 2.75) is 63.5 Å². The fourth-order valence-electron chi connectivity index (χ4n) is 3.34. The Hall–Kier alpha value is -0.950. The molecule has 118 valence electrons. The highest BCUT2D eigenvalue weighted by atomic mass is 32.2. The molecule has 6 nitrogen and oxygen atoms in total. The molecule has 1 aliphatic heterocycles. The molecule has 7 heteroatoms. The summed E-state index contributed by atoms with van der Waals surface area (Å²) in [5.41, 5.74) is 0. The lowest BCUT2D eigenvalue weighted by Crippen LogP contribution is -2.40. The first-order valence-corrected chi connectivity index (χ1v) is 9.67. The molecule has 1 saturated heterocycles. The molecule has 0 radical (unpaired) electrons. The number of aromatic nitrogens is 2. The molecule has 3 rings (SSSR count). The average Bonchev–Trinajstić information content (AvgIpc) is 3.06. The van der Waals surface area contributed by atoms with Gasteiger partial charge in [0.25, 0.3) is 0 Å². The summed E-state index contributed by atoms with van der Waals surface area (Å²) in [6, 6.07) is 0.569. The summed E-state index contributed by atoms with van der Waals surface area (Å²) in [5.74, 6) is 2.55. The van der Waals surface area contributed by atoms with Gasteiger partial charge in [0, 0.05) is 24.4 Å². The van der Waals surface area contributed by atoms with E-state index in [0.29, 0.717) is 23.5 Å². The Balaban J connectivity index is 1.49. The first kappa shape index (κ1) is 15.0. The van der Waals surface area contributed by atoms with Gasteiger partial charge in [0.1, 0.15) is 0 Å². The van der Waals surface area contributed by atoms with Crippen molar-refractivity contribution in [3.63, 3.8) is 0 Å². The van der Waals surface area contributed by atoms with E-state index in [-0.39, 0.29) is 6.04 Å². The van der Waals surface area contributed by atoms with Crippen LogP contribution in [0.15, 0.2) is 4.52 Å². The van der Waals surface area contributed by atoms with Gasteiger partial charge in [-0.3, -0.25) is 0 Å². The van der Waals surface area contributed by atoms with Gasteiger partial charge in [-0.05, 0) is 32.1 Å². The van der Waals surface area contributed by atoms with Crippen LogP contribution >= 0.6 is 0 Å². The quantitative estimate of drug-likeness (QED) is 0.905. The van der Waals surface area contributed by atoms with Gasteiger partial charge in [0.15, 0.2) is 15.7 Å². The van der Waals surface area contributed by atoms with Crippen molar-refractivity contribution >= 4 is 9.84 Å². The van der Waals surface area contributed by atoms with Gasteiger partial charge in [-0.25, -0.2) is 8.42 Å². The molecule has 1 saturated carbocycles. The Kier molecular flexibility index (Phi) is 4.31. The van der Waals surface area contributed by atoms with Crippen LogP contribution < -0.4 is 5.32 Å². The second-order valence-electron chi connectivity index (χ2n) is 6.22. The number of rotatable bonds is 4. The number of hydrogen-bond donors (Lipinski definition) is 1. The maximum Gasteiger partial charge on any atom is 0.229 e. The van der Waals surface area contributed by atoms with Crippen LogP contribution in [0, 0.1) is 0 Å². The minimum atomic E-state index is -2.80. The highest BCUT2D eigenvalue weighted by molar-refractivity contribution is 7.91. The fraction of sp³-hybridized carbons (Fsp3) is 0.857. The third-order valence-corrected chi connectivity index (χ3v) is 6.35. The summed E-state index contributed by atoms with van der Waals surface area (Å²) in [6.07, 6.45) is 5.71. The first-order valence-electron chi connectivity index (χ1n) is 7.84. The van der Waals surface area contributed by atoms with Crippen LogP contribution in [0.2, 0.25) is 0 Å². The molecule has 2 fully saturated rings. The van der Waals surface area contributed by atoms with E-state index < -0.39 is 9.84 Å². The first-order chi connectivity index (χ1) is 10.1. The number of aryl methyl sites for hydroxylation is 1. The molecule has 2 heterocycles. The summed E-state index contributed by atoms with van der Waals surface area (Å²) in [6.45, 7) is 2.02. The molecular formula is C14H23N3O3S. The van der Waals surface area contributed by atoms with E-state index in [1.165, 1.54) is 0 Å². The standard InChI is InChI=1S/C14H23N3O3S/c1-2-13-16-14(20-17-13)10-3-5-11(6-4-10)15-12-7-8-21(18,19)9-12/h10-12,15H,2-9H2,1H3/t10?,11?,12-/m0/s1. The SMILES string of the molecule is CCc1noc(C2CCC(N[C@H]3CCS(=O)(=O)C3)CC2)n1. The normalized spacial score (nSPS) is 32.3. The molecule has 0 aromatic carbocycles. The second kappa shape index (κ2) is 6.04. The van der Waals surface area contributed by atoms with Crippen LogP contribution in [0.5, 0.6) is 0 Å². The third-order valence-electron chi connectivity index (χ3n) is 4.58. The van der Waals surface area contributed by atoms with E-state index in [0.717, 1.165) is 50.2 Å². The Morgan fingerprint density at radius 2 is 1.95 bits per heavy atom. The van der Waals surface area contributed by atoms with Crippen molar-refractivity contribution in [2.75, 3.05) is 11.5 Å². The number of sulfone groups is 1. The summed E-state index contributed by atoms with van der Waals surface area (Å²) >= 11 is 0. The van der Waals surface area contributed by atoms with Crippen molar-refractivity contribution in [1.82, 2.24) is 15.5 Å². The predicted molar refractivity (Wildman–Crippen MR) is 78.9 cm³/mol. The third kappa shape index (κ3) is 3.63. The molecule has 1 N–H and O–H groups in total. The van der Waals surface area contributed by atoms with Crippen LogP contribution in [0.1, 0.15) is 56.7 Å². The molecule has 2 aliphatic rings. The lowest BCUT2D eigenvalue weighted by molar-refractivity contribution is 0.273. The summed E-state index contributed by atoms with van der Waals surface area (Å²) in [4.78, 5) is 4.42. The van der Waals surface area contributed by atoms with Crippen LogP contribution in [0.3, 0.4) is 0 Å². The molecule has 1 aliphatic carbocycles. The minimum Gasteiger partial charge on any atom is -0.339 e. The number of nitrogens with one attached hydrogen (secondary N) is 1. The Bertz CT molecular complexity index is 576. The molecular weight excluding hydrogens is 290 g/mol. The van der Waals surface area contributed by atoms with Gasteiger partial charge in [-0.2, -0.15) is 4.98 Å². The topological polar surface area (TPSA) is 85.1 Å². The number of hydrogen-bond acceptors (Lipinski definition) is 6. The molecule has 0 unspecified atom stereocenters. The van der Waals surface area contributed by atoms with Crippen molar-refractivity contribution in [2.24, 2.45) is 0 Å². The summed E-state index contributed by atoms with van der Waals surface area (Å²) in [7, 11) is -2.80. The van der Waals surface area contributed by atoms with Crippen molar-refractivity contribution in [1.29, 1.82) is 0 Å². The maximum atomic E-state index is 11.5. The van der Waals surface area contributed by atoms with Gasteiger partial charge in [-0.1, -0.05) is 12.1 Å². The molecule has 1 atom stereocenters. The highest BCUT2D eigenvalue weighted by Gasteiger charge is 2.32. The Morgan fingerprint density at radius 3 is 2.52 bits per heavy atom. The number of nitrogens with zero attached hydrogens (tertiary/aromatic N) is 2. The monoisotopic (exact) mass is 313 g/mol. The van der Waals surface area contributed by atoms with E-state index in [2.05, 4.69) is 15.5 Å². The zero-order valence-electron chi connectivity index (χ0n) is 12.4. The van der Waals surface area contributed by atoms with Gasteiger partial charge in [0.2, 0.25) is 5.89 Å². The highest BCUT2D eigenvalue weighted by Crippen LogP contribution is 2.32. The zero-order valence-corrected chi connectivity index (χ0v) is 13.2. The van der Waals surface area contributed by atoms with Gasteiger partial charge >= 0.3 is 0 Å². The van der Waals surface area contributed by atoms with Crippen LogP contribution in [0.25, 0.3) is 0 Å². The smallest absolute Gasteiger partial charge is 0.229 e. The van der Waals surface area contributed by atoms with Crippen molar-refractivity contribution in [3.8, 4) is 0 Å². The molecule has 1 aromatic rings. The van der Waals surface area contributed by atoms with E-state index >= 15 is 0 Å². The minimum absolute atomic E-state index is 0.145. The van der Waals surface area contributed by atoms with Crippen LogP contribution in [0.4, 0.5) is 0 Å². The van der Waals surface area contributed by atoms with Gasteiger partial charge < -0.3 is 9.84 Å². The van der Waals surface area contributed by atoms with Gasteiger partial charge in [-0.15, -0.1) is 0 Å². The lowest BCUT2D eigenvalue weighted by Gasteiger charge is -2.29. The summed E-state index contributed by atoms with van der Waals surface area (Å²) in [5, 5.41) is 7.48. The maximum absolute atomic E-state index is 11.5. The Morgan fingerprint density at radius 1 is 1.19 bits per heavy atom. The zero-order chi connectivity index (χ0) is 14.9. The van der Waals surface area contributed by atoms with E-state index in [1.54, 1.807) is 0 Å². The van der Waals surface area contributed by atoms with E-state index in [9.17, 15) is 8.42 Å². The van der Waals surface area contributed by atoms with Crippen molar-refractivity contribution in [3.05, 3.63) is 11.7 Å². The van der Waals surface area contributed by atoms with E-state index in [1.807, 2.05) is 6.92 Å². The van der Waals surface area contributed by atoms with Crippen molar-refractivity contribution < 1.29 is 12.9 Å². The lowest BCUT2D eigenvalue weighted by atomic mass is 9.85.